The Hall–Kier alpha value is -1.99. The first-order chi connectivity index (χ1) is 9.28. The monoisotopic (exact) mass is 293 g/mol. The zero-order valence-electron chi connectivity index (χ0n) is 11.2. The molecule has 5 nitrogen and oxygen atoms in total. The van der Waals surface area contributed by atoms with Crippen molar-refractivity contribution in [1.29, 1.82) is 0 Å². The molecule has 0 unspecified atom stereocenters. The van der Waals surface area contributed by atoms with Crippen molar-refractivity contribution >= 4 is 5.97 Å². The van der Waals surface area contributed by atoms with Crippen LogP contribution in [0.3, 0.4) is 0 Å². The number of hydrogen-bond donors (Lipinski definition) is 0. The molecular formula is C12H14F3NO4. The molecule has 0 radical (unpaired) electrons. The largest absolute Gasteiger partial charge is 0.574 e. The van der Waals surface area contributed by atoms with Crippen molar-refractivity contribution < 1.29 is 32.2 Å². The molecule has 0 aliphatic heterocycles. The van der Waals surface area contributed by atoms with Crippen LogP contribution < -0.4 is 9.47 Å². The number of nitrogens with zero attached hydrogens (tertiary/aromatic N) is 1. The zero-order valence-corrected chi connectivity index (χ0v) is 11.2. The average molecular weight is 293 g/mol. The summed E-state index contributed by atoms with van der Waals surface area (Å²) in [6, 6.07) is 0. The molecule has 20 heavy (non-hydrogen) atoms. The van der Waals surface area contributed by atoms with Crippen molar-refractivity contribution in [2.24, 2.45) is 0 Å². The van der Waals surface area contributed by atoms with Gasteiger partial charge in [-0.1, -0.05) is 0 Å². The first-order valence-corrected chi connectivity index (χ1v) is 5.72. The Morgan fingerprint density at radius 3 is 2.55 bits per heavy atom. The van der Waals surface area contributed by atoms with E-state index in [0.717, 1.165) is 6.20 Å². The minimum absolute atomic E-state index is 0.0617. The highest BCUT2D eigenvalue weighted by molar-refractivity contribution is 5.73. The minimum atomic E-state index is -4.84. The van der Waals surface area contributed by atoms with E-state index in [-0.39, 0.29) is 24.3 Å². The summed E-state index contributed by atoms with van der Waals surface area (Å²) in [6.45, 7) is 3.23. The second-order valence-corrected chi connectivity index (χ2v) is 3.78. The fourth-order valence-electron chi connectivity index (χ4n) is 1.62. The van der Waals surface area contributed by atoms with E-state index in [1.165, 1.54) is 14.0 Å². The van der Waals surface area contributed by atoms with Crippen molar-refractivity contribution in [2.75, 3.05) is 13.7 Å². The second-order valence-electron chi connectivity index (χ2n) is 3.78. The summed E-state index contributed by atoms with van der Waals surface area (Å²) >= 11 is 0. The zero-order chi connectivity index (χ0) is 15.3. The number of carbonyl (C=O) groups excluding carboxylic acids is 1. The molecule has 0 spiro atoms. The molecule has 1 heterocycles. The molecule has 0 bridgehead atoms. The van der Waals surface area contributed by atoms with E-state index in [0.29, 0.717) is 5.56 Å². The lowest BCUT2D eigenvalue weighted by Gasteiger charge is -2.15. The lowest BCUT2D eigenvalue weighted by molar-refractivity contribution is -0.276. The van der Waals surface area contributed by atoms with Crippen LogP contribution in [0, 0.1) is 6.92 Å². The summed E-state index contributed by atoms with van der Waals surface area (Å²) in [6.07, 6.45) is -3.88. The maximum absolute atomic E-state index is 12.2. The van der Waals surface area contributed by atoms with Gasteiger partial charge in [-0.25, -0.2) is 4.98 Å². The third kappa shape index (κ3) is 4.29. The van der Waals surface area contributed by atoms with Crippen molar-refractivity contribution in [2.45, 2.75) is 26.6 Å². The number of pyridine rings is 1. The number of alkyl halides is 3. The molecule has 0 aliphatic carbocycles. The molecule has 0 fully saturated rings. The fourth-order valence-corrected chi connectivity index (χ4v) is 1.62. The van der Waals surface area contributed by atoms with Crippen molar-refractivity contribution in [3.8, 4) is 11.6 Å². The van der Waals surface area contributed by atoms with Gasteiger partial charge in [0.15, 0.2) is 0 Å². The number of methoxy groups -OCH3 is 1. The summed E-state index contributed by atoms with van der Waals surface area (Å²) in [5.41, 5.74) is 0.393. The smallest absolute Gasteiger partial charge is 0.496 e. The molecule has 1 rings (SSSR count). The number of carbonyl (C=O) groups is 1. The first-order valence-electron chi connectivity index (χ1n) is 5.72. The van der Waals surface area contributed by atoms with Crippen LogP contribution in [0.15, 0.2) is 6.20 Å². The van der Waals surface area contributed by atoms with E-state index >= 15 is 0 Å². The van der Waals surface area contributed by atoms with Crippen LogP contribution in [-0.4, -0.2) is 31.0 Å². The predicted molar refractivity (Wildman–Crippen MR) is 62.5 cm³/mol. The summed E-state index contributed by atoms with van der Waals surface area (Å²) < 4.78 is 50.1. The van der Waals surface area contributed by atoms with Crippen LogP contribution in [-0.2, 0) is 16.0 Å². The van der Waals surface area contributed by atoms with Crippen LogP contribution in [0.25, 0.3) is 0 Å². The molecule has 0 N–H and O–H groups in total. The predicted octanol–water partition coefficient (Wildman–Crippen LogP) is 2.40. The number of aromatic nitrogens is 1. The average Bonchev–Trinajstić information content (AvgIpc) is 2.32. The Kier molecular flexibility index (Phi) is 5.18. The number of esters is 1. The minimum Gasteiger partial charge on any atom is -0.496 e. The normalized spacial score (nSPS) is 11.1. The van der Waals surface area contributed by atoms with E-state index in [9.17, 15) is 18.0 Å². The summed E-state index contributed by atoms with van der Waals surface area (Å²) in [5.74, 6) is -1.01. The van der Waals surface area contributed by atoms with Crippen molar-refractivity contribution in [3.63, 3.8) is 0 Å². The van der Waals surface area contributed by atoms with Crippen LogP contribution >= 0.6 is 0 Å². The first kappa shape index (κ1) is 16.1. The molecule has 8 heteroatoms. The highest BCUT2D eigenvalue weighted by Gasteiger charge is 2.33. The van der Waals surface area contributed by atoms with Gasteiger partial charge in [0.2, 0.25) is 5.88 Å². The van der Waals surface area contributed by atoms with Gasteiger partial charge in [0.25, 0.3) is 0 Å². The van der Waals surface area contributed by atoms with E-state index in [1.807, 2.05) is 0 Å². The SMILES string of the molecule is CCOC(=O)Cc1cnc(OC(F)(F)F)c(C)c1OC. The van der Waals surface area contributed by atoms with E-state index < -0.39 is 18.2 Å². The molecule has 0 amide bonds. The van der Waals surface area contributed by atoms with Crippen LogP contribution in [0.4, 0.5) is 13.2 Å². The standard InChI is InChI=1S/C12H14F3NO4/c1-4-19-9(17)5-8-6-16-11(20-12(13,14)15)7(2)10(8)18-3/h6H,4-5H2,1-3H3. The molecule has 1 aromatic rings. The lowest BCUT2D eigenvalue weighted by atomic mass is 10.1. The van der Waals surface area contributed by atoms with Gasteiger partial charge >= 0.3 is 12.3 Å². The summed E-state index contributed by atoms with van der Waals surface area (Å²) in [5, 5.41) is 0. The number of hydrogen-bond acceptors (Lipinski definition) is 5. The van der Waals surface area contributed by atoms with Gasteiger partial charge in [-0.15, -0.1) is 13.2 Å². The number of ether oxygens (including phenoxy) is 3. The molecular weight excluding hydrogens is 279 g/mol. The summed E-state index contributed by atoms with van der Waals surface area (Å²) in [4.78, 5) is 14.9. The van der Waals surface area contributed by atoms with E-state index in [2.05, 4.69) is 9.72 Å². The van der Waals surface area contributed by atoms with Gasteiger partial charge in [0.1, 0.15) is 5.75 Å². The summed E-state index contributed by atoms with van der Waals surface area (Å²) in [7, 11) is 1.29. The van der Waals surface area contributed by atoms with E-state index in [1.54, 1.807) is 6.92 Å². The topological polar surface area (TPSA) is 57.7 Å². The molecule has 0 atom stereocenters. The van der Waals surface area contributed by atoms with Crippen LogP contribution in [0.2, 0.25) is 0 Å². The van der Waals surface area contributed by atoms with Gasteiger partial charge < -0.3 is 14.2 Å². The van der Waals surface area contributed by atoms with Crippen LogP contribution in [0.5, 0.6) is 11.6 Å². The van der Waals surface area contributed by atoms with Gasteiger partial charge in [-0.05, 0) is 13.8 Å². The second kappa shape index (κ2) is 6.44. The van der Waals surface area contributed by atoms with Gasteiger partial charge in [0, 0.05) is 11.8 Å². The molecule has 0 saturated carbocycles. The number of halogens is 3. The van der Waals surface area contributed by atoms with Crippen LogP contribution in [0.1, 0.15) is 18.1 Å². The van der Waals surface area contributed by atoms with E-state index in [4.69, 9.17) is 9.47 Å². The fraction of sp³-hybridized carbons (Fsp3) is 0.500. The third-order valence-corrected chi connectivity index (χ3v) is 2.35. The lowest BCUT2D eigenvalue weighted by Crippen LogP contribution is -2.19. The molecule has 1 aromatic heterocycles. The van der Waals surface area contributed by atoms with Gasteiger partial charge in [0.05, 0.1) is 25.7 Å². The Balaban J connectivity index is 3.05. The third-order valence-electron chi connectivity index (χ3n) is 2.35. The molecule has 112 valence electrons. The highest BCUT2D eigenvalue weighted by Crippen LogP contribution is 2.32. The molecule has 0 saturated heterocycles. The number of rotatable bonds is 5. The van der Waals surface area contributed by atoms with Gasteiger partial charge in [-0.3, -0.25) is 4.79 Å². The Labute approximate surface area is 113 Å². The van der Waals surface area contributed by atoms with Gasteiger partial charge in [-0.2, -0.15) is 0 Å². The molecule has 0 aliphatic rings. The van der Waals surface area contributed by atoms with Crippen molar-refractivity contribution in [1.82, 2.24) is 4.98 Å². The molecule has 0 aromatic carbocycles. The Morgan fingerprint density at radius 1 is 1.40 bits per heavy atom. The maximum Gasteiger partial charge on any atom is 0.574 e. The maximum atomic E-state index is 12.2. The quantitative estimate of drug-likeness (QED) is 0.780. The van der Waals surface area contributed by atoms with Crippen molar-refractivity contribution in [3.05, 3.63) is 17.3 Å². The Morgan fingerprint density at radius 2 is 2.05 bits per heavy atom. The Bertz CT molecular complexity index is 488. The highest BCUT2D eigenvalue weighted by atomic mass is 19.4.